The highest BCUT2D eigenvalue weighted by molar-refractivity contribution is 6.39. The van der Waals surface area contributed by atoms with E-state index in [1.807, 2.05) is 12.1 Å². The molecule has 3 aromatic carbocycles. The summed E-state index contributed by atoms with van der Waals surface area (Å²) in [4.78, 5) is 24.0. The number of hydrogen-bond donors (Lipinski definition) is 2. The number of carbonyl (C=O) groups is 2. The Hall–Kier alpha value is -4.04. The van der Waals surface area contributed by atoms with Crippen molar-refractivity contribution >= 4 is 35.3 Å². The van der Waals surface area contributed by atoms with Crippen LogP contribution in [0.2, 0.25) is 5.02 Å². The first-order valence-electron chi connectivity index (χ1n) is 9.82. The van der Waals surface area contributed by atoms with E-state index in [0.717, 1.165) is 5.56 Å². The van der Waals surface area contributed by atoms with E-state index in [1.165, 1.54) is 20.4 Å². The normalized spacial score (nSPS) is 10.5. The molecule has 0 unspecified atom stereocenters. The van der Waals surface area contributed by atoms with Crippen molar-refractivity contribution < 1.29 is 23.8 Å². The van der Waals surface area contributed by atoms with Crippen molar-refractivity contribution in [3.8, 4) is 17.2 Å². The van der Waals surface area contributed by atoms with Gasteiger partial charge in [0.05, 0.1) is 20.4 Å². The van der Waals surface area contributed by atoms with E-state index in [9.17, 15) is 9.59 Å². The molecule has 0 saturated carbocycles. The third-order valence-corrected chi connectivity index (χ3v) is 4.66. The van der Waals surface area contributed by atoms with Gasteiger partial charge in [-0.1, -0.05) is 29.8 Å². The largest absolute Gasteiger partial charge is 0.497 e. The van der Waals surface area contributed by atoms with Crippen molar-refractivity contribution in [1.29, 1.82) is 0 Å². The zero-order valence-electron chi connectivity index (χ0n) is 18.0. The number of anilines is 1. The Morgan fingerprint density at radius 1 is 0.939 bits per heavy atom. The van der Waals surface area contributed by atoms with Crippen LogP contribution < -0.4 is 25.0 Å². The van der Waals surface area contributed by atoms with Crippen LogP contribution in [-0.2, 0) is 16.2 Å². The van der Waals surface area contributed by atoms with Crippen LogP contribution in [0, 0.1) is 0 Å². The standard InChI is InChI=1S/C24H22ClN3O5/c1-31-20-5-3-4-19(13-20)27-23(29)24(30)28-26-14-17-8-11-21(22(12-17)32-2)33-15-16-6-9-18(25)10-7-16/h3-14H,15H2,1-2H3,(H,27,29)(H,28,30)/b26-14-. The van der Waals surface area contributed by atoms with E-state index in [4.69, 9.17) is 25.8 Å². The van der Waals surface area contributed by atoms with Crippen molar-refractivity contribution in [1.82, 2.24) is 5.43 Å². The molecule has 0 aromatic heterocycles. The number of hydrogen-bond acceptors (Lipinski definition) is 6. The van der Waals surface area contributed by atoms with Gasteiger partial charge in [0.1, 0.15) is 12.4 Å². The number of hydrazone groups is 1. The van der Waals surface area contributed by atoms with Gasteiger partial charge in [-0.3, -0.25) is 9.59 Å². The Balaban J connectivity index is 1.55. The molecule has 0 spiro atoms. The number of ether oxygens (including phenoxy) is 3. The molecule has 0 atom stereocenters. The third kappa shape index (κ3) is 6.98. The van der Waals surface area contributed by atoms with E-state index < -0.39 is 11.8 Å². The van der Waals surface area contributed by atoms with Crippen molar-refractivity contribution in [2.45, 2.75) is 6.61 Å². The zero-order valence-corrected chi connectivity index (χ0v) is 18.8. The molecule has 9 heteroatoms. The summed E-state index contributed by atoms with van der Waals surface area (Å²) in [5.41, 5.74) is 4.21. The monoisotopic (exact) mass is 467 g/mol. The van der Waals surface area contributed by atoms with E-state index >= 15 is 0 Å². The van der Waals surface area contributed by atoms with Gasteiger partial charge in [0.15, 0.2) is 11.5 Å². The first-order chi connectivity index (χ1) is 16.0. The molecule has 3 rings (SSSR count). The molecule has 33 heavy (non-hydrogen) atoms. The van der Waals surface area contributed by atoms with E-state index in [0.29, 0.717) is 40.1 Å². The Labute approximate surface area is 196 Å². The zero-order chi connectivity index (χ0) is 23.6. The minimum absolute atomic E-state index is 0.347. The molecule has 0 fully saturated rings. The molecule has 8 nitrogen and oxygen atoms in total. The van der Waals surface area contributed by atoms with E-state index in [2.05, 4.69) is 15.8 Å². The second-order valence-electron chi connectivity index (χ2n) is 6.71. The average molecular weight is 468 g/mol. The van der Waals surface area contributed by atoms with Gasteiger partial charge in [-0.15, -0.1) is 0 Å². The van der Waals surface area contributed by atoms with Crippen LogP contribution in [-0.4, -0.2) is 32.2 Å². The van der Waals surface area contributed by atoms with Gasteiger partial charge in [-0.05, 0) is 53.6 Å². The summed E-state index contributed by atoms with van der Waals surface area (Å²) in [6, 6.07) is 19.2. The number of rotatable bonds is 8. The van der Waals surface area contributed by atoms with Gasteiger partial charge in [0, 0.05) is 16.8 Å². The number of amides is 2. The molecule has 0 aliphatic carbocycles. The predicted molar refractivity (Wildman–Crippen MR) is 126 cm³/mol. The van der Waals surface area contributed by atoms with Crippen molar-refractivity contribution in [2.75, 3.05) is 19.5 Å². The summed E-state index contributed by atoms with van der Waals surface area (Å²) < 4.78 is 16.3. The van der Waals surface area contributed by atoms with Crippen molar-refractivity contribution in [2.24, 2.45) is 5.10 Å². The molecule has 0 bridgehead atoms. The fourth-order valence-corrected chi connectivity index (χ4v) is 2.86. The maximum Gasteiger partial charge on any atom is 0.329 e. The van der Waals surface area contributed by atoms with Gasteiger partial charge in [0.2, 0.25) is 0 Å². The molecule has 2 amide bonds. The Morgan fingerprint density at radius 3 is 2.45 bits per heavy atom. The second-order valence-corrected chi connectivity index (χ2v) is 7.15. The third-order valence-electron chi connectivity index (χ3n) is 4.41. The Morgan fingerprint density at radius 2 is 1.73 bits per heavy atom. The molecular weight excluding hydrogens is 446 g/mol. The highest BCUT2D eigenvalue weighted by Gasteiger charge is 2.13. The van der Waals surface area contributed by atoms with Crippen LogP contribution in [0.5, 0.6) is 17.2 Å². The lowest BCUT2D eigenvalue weighted by Gasteiger charge is -2.11. The topological polar surface area (TPSA) is 98.2 Å². The first-order valence-corrected chi connectivity index (χ1v) is 10.2. The number of carbonyl (C=O) groups excluding carboxylic acids is 2. The highest BCUT2D eigenvalue weighted by Crippen LogP contribution is 2.28. The van der Waals surface area contributed by atoms with Gasteiger partial charge >= 0.3 is 11.8 Å². The molecular formula is C24H22ClN3O5. The summed E-state index contributed by atoms with van der Waals surface area (Å²) in [6.45, 7) is 0.347. The van der Waals surface area contributed by atoms with Crippen molar-refractivity contribution in [3.63, 3.8) is 0 Å². The molecule has 2 N–H and O–H groups in total. The van der Waals surface area contributed by atoms with Gasteiger partial charge in [-0.25, -0.2) is 5.43 Å². The lowest BCUT2D eigenvalue weighted by Crippen LogP contribution is -2.32. The van der Waals surface area contributed by atoms with Gasteiger partial charge in [0.25, 0.3) is 0 Å². The molecule has 0 aliphatic rings. The van der Waals surface area contributed by atoms with E-state index in [-0.39, 0.29) is 0 Å². The average Bonchev–Trinajstić information content (AvgIpc) is 2.84. The lowest BCUT2D eigenvalue weighted by atomic mass is 10.2. The summed E-state index contributed by atoms with van der Waals surface area (Å²) in [6.07, 6.45) is 1.39. The van der Waals surface area contributed by atoms with Crippen LogP contribution in [0.15, 0.2) is 71.8 Å². The van der Waals surface area contributed by atoms with Gasteiger partial charge in [-0.2, -0.15) is 5.10 Å². The number of nitrogens with one attached hydrogen (secondary N) is 2. The van der Waals surface area contributed by atoms with Crippen molar-refractivity contribution in [3.05, 3.63) is 82.9 Å². The maximum atomic E-state index is 12.0. The molecule has 0 aliphatic heterocycles. The summed E-state index contributed by atoms with van der Waals surface area (Å²) in [5, 5.41) is 6.96. The number of halogens is 1. The summed E-state index contributed by atoms with van der Waals surface area (Å²) in [7, 11) is 3.03. The van der Waals surface area contributed by atoms with Crippen LogP contribution in [0.25, 0.3) is 0 Å². The molecule has 170 valence electrons. The van der Waals surface area contributed by atoms with Crippen LogP contribution in [0.3, 0.4) is 0 Å². The van der Waals surface area contributed by atoms with Crippen LogP contribution in [0.4, 0.5) is 5.69 Å². The molecule has 0 saturated heterocycles. The number of nitrogens with zero attached hydrogens (tertiary/aromatic N) is 1. The molecule has 3 aromatic rings. The van der Waals surface area contributed by atoms with Crippen LogP contribution in [0.1, 0.15) is 11.1 Å². The van der Waals surface area contributed by atoms with E-state index in [1.54, 1.807) is 54.6 Å². The molecule has 0 radical (unpaired) electrons. The summed E-state index contributed by atoms with van der Waals surface area (Å²) >= 11 is 5.89. The SMILES string of the molecule is COc1cccc(NC(=O)C(=O)N/N=C\c2ccc(OCc3ccc(Cl)cc3)c(OC)c2)c1. The number of benzene rings is 3. The number of methoxy groups -OCH3 is 2. The fourth-order valence-electron chi connectivity index (χ4n) is 2.73. The smallest absolute Gasteiger partial charge is 0.329 e. The lowest BCUT2D eigenvalue weighted by molar-refractivity contribution is -0.136. The maximum absolute atomic E-state index is 12.0. The quantitative estimate of drug-likeness (QED) is 0.296. The Kier molecular flexibility index (Phi) is 8.26. The second kappa shape index (κ2) is 11.5. The minimum atomic E-state index is -0.913. The van der Waals surface area contributed by atoms with Gasteiger partial charge < -0.3 is 19.5 Å². The Bertz CT molecular complexity index is 1150. The fraction of sp³-hybridized carbons (Fsp3) is 0.125. The first kappa shape index (κ1) is 23.6. The predicted octanol–water partition coefficient (Wildman–Crippen LogP) is 4.03. The highest BCUT2D eigenvalue weighted by atomic mass is 35.5. The minimum Gasteiger partial charge on any atom is -0.497 e. The summed E-state index contributed by atoms with van der Waals surface area (Å²) in [5.74, 6) is -0.171. The molecule has 0 heterocycles. The van der Waals surface area contributed by atoms with Crippen LogP contribution >= 0.6 is 11.6 Å².